The maximum absolute atomic E-state index is 12.3. The minimum Gasteiger partial charge on any atom is -0.492 e. The molecule has 0 unspecified atom stereocenters. The van der Waals surface area contributed by atoms with Gasteiger partial charge in [-0.05, 0) is 26.0 Å². The number of amides is 1. The number of hydrogen-bond donors (Lipinski definition) is 1. The van der Waals surface area contributed by atoms with E-state index in [0.29, 0.717) is 22.3 Å². The molecule has 0 fully saturated rings. The Bertz CT molecular complexity index is 876. The van der Waals surface area contributed by atoms with Gasteiger partial charge in [0.25, 0.3) is 0 Å². The molecular weight excluding hydrogens is 362 g/mol. The highest BCUT2D eigenvalue weighted by molar-refractivity contribution is 7.88. The monoisotopic (exact) mass is 381 g/mol. The Balaban J connectivity index is 2.20. The van der Waals surface area contributed by atoms with Gasteiger partial charge in [-0.3, -0.25) is 4.79 Å². The number of esters is 1. The first-order chi connectivity index (χ1) is 12.3. The van der Waals surface area contributed by atoms with E-state index in [1.54, 1.807) is 31.2 Å². The second-order valence-electron chi connectivity index (χ2n) is 5.21. The van der Waals surface area contributed by atoms with E-state index in [9.17, 15) is 18.0 Å². The van der Waals surface area contributed by atoms with Crippen LogP contribution >= 0.6 is 0 Å². The van der Waals surface area contributed by atoms with Gasteiger partial charge in [-0.15, -0.1) is 4.40 Å². The number of benzene rings is 1. The SMILES string of the molecule is CCOc1ccccc1NC(=O)CN1C=C(C(=O)OC)C(C)=NS1(=O)=O. The van der Waals surface area contributed by atoms with Crippen molar-refractivity contribution in [1.29, 1.82) is 0 Å². The molecule has 1 aromatic rings. The Morgan fingerprint density at radius 3 is 2.62 bits per heavy atom. The second kappa shape index (κ2) is 8.00. The molecule has 9 nitrogen and oxygen atoms in total. The molecule has 0 saturated heterocycles. The predicted octanol–water partition coefficient (Wildman–Crippen LogP) is 1.10. The zero-order chi connectivity index (χ0) is 19.3. The summed E-state index contributed by atoms with van der Waals surface area (Å²) in [4.78, 5) is 24.0. The molecule has 1 aliphatic heterocycles. The topological polar surface area (TPSA) is 114 Å². The van der Waals surface area contributed by atoms with Gasteiger partial charge in [-0.2, -0.15) is 8.42 Å². The lowest BCUT2D eigenvalue weighted by atomic mass is 10.2. The molecule has 1 amide bonds. The molecule has 2 rings (SSSR count). The summed E-state index contributed by atoms with van der Waals surface area (Å²) in [5.41, 5.74) is 0.366. The van der Waals surface area contributed by atoms with Crippen molar-refractivity contribution in [1.82, 2.24) is 4.31 Å². The van der Waals surface area contributed by atoms with E-state index in [-0.39, 0.29) is 11.3 Å². The van der Waals surface area contributed by atoms with Crippen LogP contribution in [0.5, 0.6) is 5.75 Å². The predicted molar refractivity (Wildman–Crippen MR) is 95.1 cm³/mol. The lowest BCUT2D eigenvalue weighted by Crippen LogP contribution is -2.37. The molecule has 140 valence electrons. The van der Waals surface area contributed by atoms with Crippen LogP contribution in [0.4, 0.5) is 5.69 Å². The van der Waals surface area contributed by atoms with Crippen molar-refractivity contribution in [3.05, 3.63) is 36.0 Å². The molecular formula is C16H19N3O6S. The van der Waals surface area contributed by atoms with E-state index in [0.717, 1.165) is 6.20 Å². The number of methoxy groups -OCH3 is 1. The summed E-state index contributed by atoms with van der Waals surface area (Å²) in [5.74, 6) is -0.895. The van der Waals surface area contributed by atoms with Crippen molar-refractivity contribution < 1.29 is 27.5 Å². The molecule has 0 atom stereocenters. The summed E-state index contributed by atoms with van der Waals surface area (Å²) in [7, 11) is -2.94. The molecule has 10 heteroatoms. The van der Waals surface area contributed by atoms with E-state index in [1.807, 2.05) is 0 Å². The smallest absolute Gasteiger partial charge is 0.344 e. The highest BCUT2D eigenvalue weighted by Crippen LogP contribution is 2.24. The van der Waals surface area contributed by atoms with Crippen LogP contribution in [0.25, 0.3) is 0 Å². The molecule has 0 radical (unpaired) electrons. The molecule has 26 heavy (non-hydrogen) atoms. The standard InChI is InChI=1S/C16H19N3O6S/c1-4-25-14-8-6-5-7-13(14)17-15(20)10-19-9-12(16(21)24-3)11(2)18-26(19,22)23/h5-9H,4,10H2,1-3H3,(H,17,20). The van der Waals surface area contributed by atoms with E-state index >= 15 is 0 Å². The molecule has 1 aliphatic rings. The average Bonchev–Trinajstić information content (AvgIpc) is 2.58. The number of rotatable bonds is 6. The van der Waals surface area contributed by atoms with Crippen LogP contribution in [-0.2, 0) is 24.5 Å². The van der Waals surface area contributed by atoms with Crippen molar-refractivity contribution in [3.8, 4) is 5.75 Å². The summed E-state index contributed by atoms with van der Waals surface area (Å²) in [5, 5.41) is 2.59. The zero-order valence-electron chi connectivity index (χ0n) is 14.6. The van der Waals surface area contributed by atoms with Crippen molar-refractivity contribution in [3.63, 3.8) is 0 Å². The Hall–Kier alpha value is -2.88. The van der Waals surface area contributed by atoms with Crippen molar-refractivity contribution in [2.45, 2.75) is 13.8 Å². The van der Waals surface area contributed by atoms with Gasteiger partial charge < -0.3 is 14.8 Å². The number of carbonyl (C=O) groups is 2. The minimum absolute atomic E-state index is 0.00444. The average molecular weight is 381 g/mol. The Morgan fingerprint density at radius 1 is 1.27 bits per heavy atom. The Kier molecular flexibility index (Phi) is 5.98. The molecule has 0 aliphatic carbocycles. The number of anilines is 1. The number of nitrogens with zero attached hydrogens (tertiary/aromatic N) is 2. The largest absolute Gasteiger partial charge is 0.492 e. The van der Waals surface area contributed by atoms with Crippen LogP contribution in [-0.4, -0.2) is 50.6 Å². The Morgan fingerprint density at radius 2 is 1.96 bits per heavy atom. The quantitative estimate of drug-likeness (QED) is 0.738. The molecule has 0 aromatic heterocycles. The van der Waals surface area contributed by atoms with Crippen molar-refractivity contribution >= 4 is 33.5 Å². The van der Waals surface area contributed by atoms with Crippen molar-refractivity contribution in [2.75, 3.05) is 25.6 Å². The first-order valence-corrected chi connectivity index (χ1v) is 9.08. The maximum atomic E-state index is 12.3. The third kappa shape index (κ3) is 4.39. The number of hydrogen-bond acceptors (Lipinski definition) is 6. The third-order valence-corrected chi connectivity index (χ3v) is 4.71. The highest BCUT2D eigenvalue weighted by atomic mass is 32.2. The maximum Gasteiger partial charge on any atom is 0.344 e. The fourth-order valence-electron chi connectivity index (χ4n) is 2.20. The number of ether oxygens (including phenoxy) is 2. The summed E-state index contributed by atoms with van der Waals surface area (Å²) in [6.45, 7) is 3.03. The number of para-hydroxylation sites is 2. The molecule has 1 heterocycles. The van der Waals surface area contributed by atoms with Gasteiger partial charge in [0.2, 0.25) is 5.91 Å². The minimum atomic E-state index is -4.11. The summed E-state index contributed by atoms with van der Waals surface area (Å²) in [6.07, 6.45) is 1.04. The third-order valence-electron chi connectivity index (χ3n) is 3.38. The zero-order valence-corrected chi connectivity index (χ0v) is 15.4. The van der Waals surface area contributed by atoms with Crippen LogP contribution in [0, 0.1) is 0 Å². The molecule has 0 spiro atoms. The lowest BCUT2D eigenvalue weighted by Gasteiger charge is -2.22. The van der Waals surface area contributed by atoms with E-state index in [1.165, 1.54) is 14.0 Å². The highest BCUT2D eigenvalue weighted by Gasteiger charge is 2.30. The lowest BCUT2D eigenvalue weighted by molar-refractivity contribution is -0.135. The first kappa shape index (κ1) is 19.4. The van der Waals surface area contributed by atoms with Gasteiger partial charge in [-0.25, -0.2) is 9.10 Å². The molecule has 0 saturated carbocycles. The normalized spacial score (nSPS) is 15.6. The first-order valence-electron chi connectivity index (χ1n) is 7.69. The van der Waals surface area contributed by atoms with Crippen LogP contribution < -0.4 is 10.1 Å². The number of nitrogens with one attached hydrogen (secondary N) is 1. The fourth-order valence-corrected chi connectivity index (χ4v) is 3.27. The van der Waals surface area contributed by atoms with Crippen molar-refractivity contribution in [2.24, 2.45) is 4.40 Å². The van der Waals surface area contributed by atoms with E-state index in [2.05, 4.69) is 14.5 Å². The van der Waals surface area contributed by atoms with Gasteiger partial charge >= 0.3 is 16.2 Å². The fraction of sp³-hybridized carbons (Fsp3) is 0.312. The van der Waals surface area contributed by atoms with Crippen LogP contribution in [0.3, 0.4) is 0 Å². The molecule has 1 N–H and O–H groups in total. The van der Waals surface area contributed by atoms with E-state index < -0.39 is 28.6 Å². The summed E-state index contributed by atoms with van der Waals surface area (Å²) < 4.78 is 38.5. The van der Waals surface area contributed by atoms with Gasteiger partial charge in [0, 0.05) is 6.20 Å². The van der Waals surface area contributed by atoms with Gasteiger partial charge in [-0.1, -0.05) is 12.1 Å². The Labute approximate surface area is 151 Å². The van der Waals surface area contributed by atoms with Gasteiger partial charge in [0.15, 0.2) is 0 Å². The number of carbonyl (C=O) groups excluding carboxylic acids is 2. The van der Waals surface area contributed by atoms with Crippen LogP contribution in [0.2, 0.25) is 0 Å². The summed E-state index contributed by atoms with van der Waals surface area (Å²) in [6, 6.07) is 6.77. The van der Waals surface area contributed by atoms with Crippen LogP contribution in [0.15, 0.2) is 40.4 Å². The molecule has 0 bridgehead atoms. The van der Waals surface area contributed by atoms with E-state index in [4.69, 9.17) is 4.74 Å². The molecule has 1 aromatic carbocycles. The summed E-state index contributed by atoms with van der Waals surface area (Å²) >= 11 is 0. The van der Waals surface area contributed by atoms with Gasteiger partial charge in [0.05, 0.1) is 30.7 Å². The van der Waals surface area contributed by atoms with Gasteiger partial charge in [0.1, 0.15) is 12.3 Å². The van der Waals surface area contributed by atoms with Crippen LogP contribution in [0.1, 0.15) is 13.8 Å². The second-order valence-corrected chi connectivity index (χ2v) is 6.76.